The van der Waals surface area contributed by atoms with Gasteiger partial charge in [-0.1, -0.05) is 43.7 Å². The molecule has 0 saturated heterocycles. The summed E-state index contributed by atoms with van der Waals surface area (Å²) >= 11 is 0. The number of benzene rings is 1. The first-order valence-electron chi connectivity index (χ1n) is 7.71. The lowest BCUT2D eigenvalue weighted by Gasteiger charge is -2.41. The molecule has 1 saturated carbocycles. The van der Waals surface area contributed by atoms with E-state index >= 15 is 0 Å². The summed E-state index contributed by atoms with van der Waals surface area (Å²) in [6, 6.07) is 10.2. The summed E-state index contributed by atoms with van der Waals surface area (Å²) in [4.78, 5) is 14.6. The van der Waals surface area contributed by atoms with Crippen molar-refractivity contribution in [2.75, 3.05) is 13.1 Å². The maximum absolute atomic E-state index is 12.6. The molecule has 2 N–H and O–H groups in total. The number of hydrogen-bond acceptors (Lipinski definition) is 2. The van der Waals surface area contributed by atoms with Crippen molar-refractivity contribution in [2.45, 2.75) is 45.6 Å². The van der Waals surface area contributed by atoms with Crippen molar-refractivity contribution in [3.63, 3.8) is 0 Å². The van der Waals surface area contributed by atoms with E-state index in [4.69, 9.17) is 5.73 Å². The van der Waals surface area contributed by atoms with E-state index in [0.717, 1.165) is 25.8 Å². The van der Waals surface area contributed by atoms with E-state index in [1.165, 1.54) is 12.0 Å². The number of nitrogens with zero attached hydrogens (tertiary/aromatic N) is 1. The average molecular weight is 274 g/mol. The van der Waals surface area contributed by atoms with Gasteiger partial charge in [0.1, 0.15) is 0 Å². The van der Waals surface area contributed by atoms with E-state index in [0.29, 0.717) is 19.5 Å². The zero-order chi connectivity index (χ0) is 14.4. The first-order chi connectivity index (χ1) is 9.69. The molecule has 1 fully saturated rings. The van der Waals surface area contributed by atoms with Crippen LogP contribution >= 0.6 is 0 Å². The van der Waals surface area contributed by atoms with Crippen molar-refractivity contribution < 1.29 is 4.79 Å². The Hall–Kier alpha value is -1.35. The molecule has 1 aliphatic carbocycles. The van der Waals surface area contributed by atoms with Crippen LogP contribution in [0.4, 0.5) is 0 Å². The van der Waals surface area contributed by atoms with Gasteiger partial charge in [0.25, 0.3) is 0 Å². The molecule has 1 amide bonds. The van der Waals surface area contributed by atoms with Gasteiger partial charge in [0.05, 0.1) is 0 Å². The molecule has 2 rings (SSSR count). The second-order valence-electron chi connectivity index (χ2n) is 6.04. The summed E-state index contributed by atoms with van der Waals surface area (Å²) in [6.45, 7) is 4.31. The summed E-state index contributed by atoms with van der Waals surface area (Å²) in [5, 5.41) is 0. The van der Waals surface area contributed by atoms with Crippen molar-refractivity contribution >= 4 is 5.91 Å². The van der Waals surface area contributed by atoms with Crippen LogP contribution in [-0.4, -0.2) is 23.9 Å². The Balaban J connectivity index is 1.98. The van der Waals surface area contributed by atoms with E-state index in [2.05, 4.69) is 19.1 Å². The molecule has 1 aliphatic rings. The van der Waals surface area contributed by atoms with Crippen molar-refractivity contribution in [3.8, 4) is 0 Å². The molecule has 0 unspecified atom stereocenters. The zero-order valence-electron chi connectivity index (χ0n) is 12.5. The summed E-state index contributed by atoms with van der Waals surface area (Å²) in [6.07, 6.45) is 5.06. The molecule has 1 aromatic carbocycles. The van der Waals surface area contributed by atoms with Gasteiger partial charge in [-0.3, -0.25) is 4.79 Å². The number of amides is 1. The lowest BCUT2D eigenvalue weighted by atomic mass is 9.66. The highest BCUT2D eigenvalue weighted by Crippen LogP contribution is 2.43. The van der Waals surface area contributed by atoms with Crippen LogP contribution in [-0.2, 0) is 11.3 Å². The molecule has 3 heteroatoms. The molecule has 20 heavy (non-hydrogen) atoms. The lowest BCUT2D eigenvalue weighted by molar-refractivity contribution is -0.135. The van der Waals surface area contributed by atoms with Crippen LogP contribution in [0.3, 0.4) is 0 Å². The predicted molar refractivity (Wildman–Crippen MR) is 82.1 cm³/mol. The molecule has 110 valence electrons. The number of nitrogens with two attached hydrogens (primary N) is 1. The minimum Gasteiger partial charge on any atom is -0.338 e. The molecule has 1 aromatic rings. The normalized spacial score (nSPS) is 16.5. The van der Waals surface area contributed by atoms with Crippen molar-refractivity contribution in [2.24, 2.45) is 11.1 Å². The average Bonchev–Trinajstić information content (AvgIpc) is 2.43. The van der Waals surface area contributed by atoms with Crippen LogP contribution in [0.1, 0.15) is 44.6 Å². The highest BCUT2D eigenvalue weighted by atomic mass is 16.2. The minimum absolute atomic E-state index is 0.0970. The Morgan fingerprint density at radius 1 is 1.30 bits per heavy atom. The fourth-order valence-corrected chi connectivity index (χ4v) is 2.93. The molecular formula is C17H26N2O. The van der Waals surface area contributed by atoms with Crippen molar-refractivity contribution in [1.82, 2.24) is 4.90 Å². The molecule has 0 atom stereocenters. The van der Waals surface area contributed by atoms with Crippen LogP contribution in [0, 0.1) is 5.41 Å². The Bertz CT molecular complexity index is 420. The Morgan fingerprint density at radius 3 is 2.50 bits per heavy atom. The largest absolute Gasteiger partial charge is 0.338 e. The molecule has 0 bridgehead atoms. The van der Waals surface area contributed by atoms with Crippen LogP contribution in [0.2, 0.25) is 0 Å². The highest BCUT2D eigenvalue weighted by Gasteiger charge is 2.38. The van der Waals surface area contributed by atoms with Gasteiger partial charge >= 0.3 is 0 Å². The summed E-state index contributed by atoms with van der Waals surface area (Å²) in [7, 11) is 0. The Morgan fingerprint density at radius 2 is 2.00 bits per heavy atom. The Kier molecular flexibility index (Phi) is 5.18. The number of hydrogen-bond donors (Lipinski definition) is 1. The van der Waals surface area contributed by atoms with Crippen LogP contribution in [0.15, 0.2) is 30.3 Å². The van der Waals surface area contributed by atoms with Crippen LogP contribution < -0.4 is 5.73 Å². The summed E-state index contributed by atoms with van der Waals surface area (Å²) in [5.41, 5.74) is 7.17. The summed E-state index contributed by atoms with van der Waals surface area (Å²) < 4.78 is 0. The van der Waals surface area contributed by atoms with Gasteiger partial charge in [-0.05, 0) is 36.8 Å². The first-order valence-corrected chi connectivity index (χ1v) is 7.71. The highest BCUT2D eigenvalue weighted by molar-refractivity contribution is 5.77. The molecule has 0 aliphatic heterocycles. The third-order valence-electron chi connectivity index (χ3n) is 4.44. The van der Waals surface area contributed by atoms with E-state index in [1.807, 2.05) is 23.1 Å². The molecule has 0 radical (unpaired) electrons. The van der Waals surface area contributed by atoms with Crippen LogP contribution in [0.25, 0.3) is 0 Å². The van der Waals surface area contributed by atoms with E-state index in [-0.39, 0.29) is 11.3 Å². The van der Waals surface area contributed by atoms with E-state index < -0.39 is 0 Å². The minimum atomic E-state index is 0.0970. The molecule has 0 spiro atoms. The van der Waals surface area contributed by atoms with Gasteiger partial charge in [0.2, 0.25) is 5.91 Å². The molecule has 0 heterocycles. The van der Waals surface area contributed by atoms with Crippen molar-refractivity contribution in [1.29, 1.82) is 0 Å². The lowest BCUT2D eigenvalue weighted by Crippen LogP contribution is -2.43. The Labute approximate surface area is 122 Å². The second-order valence-corrected chi connectivity index (χ2v) is 6.04. The number of rotatable bonds is 7. The van der Waals surface area contributed by atoms with Gasteiger partial charge in [-0.25, -0.2) is 0 Å². The van der Waals surface area contributed by atoms with Gasteiger partial charge < -0.3 is 10.6 Å². The van der Waals surface area contributed by atoms with E-state index in [9.17, 15) is 4.79 Å². The topological polar surface area (TPSA) is 46.3 Å². The fourth-order valence-electron chi connectivity index (χ4n) is 2.93. The standard InChI is InChI=1S/C17H26N2O/c1-2-11-19(13-15-7-4-3-5-8-15)16(20)12-17(14-18)9-6-10-17/h3-5,7-8H,2,6,9-14,18H2,1H3. The second kappa shape index (κ2) is 6.89. The quantitative estimate of drug-likeness (QED) is 0.831. The maximum atomic E-state index is 12.6. The van der Waals surface area contributed by atoms with Gasteiger partial charge in [-0.15, -0.1) is 0 Å². The van der Waals surface area contributed by atoms with Gasteiger partial charge in [-0.2, -0.15) is 0 Å². The van der Waals surface area contributed by atoms with Crippen molar-refractivity contribution in [3.05, 3.63) is 35.9 Å². The predicted octanol–water partition coefficient (Wildman–Crippen LogP) is 2.94. The smallest absolute Gasteiger partial charge is 0.223 e. The zero-order valence-corrected chi connectivity index (χ0v) is 12.5. The SMILES string of the molecule is CCCN(Cc1ccccc1)C(=O)CC1(CN)CCC1. The fraction of sp³-hybridized carbons (Fsp3) is 0.588. The maximum Gasteiger partial charge on any atom is 0.223 e. The monoisotopic (exact) mass is 274 g/mol. The van der Waals surface area contributed by atoms with Crippen LogP contribution in [0.5, 0.6) is 0 Å². The van der Waals surface area contributed by atoms with Gasteiger partial charge in [0.15, 0.2) is 0 Å². The van der Waals surface area contributed by atoms with E-state index in [1.54, 1.807) is 0 Å². The third kappa shape index (κ3) is 3.60. The molecule has 3 nitrogen and oxygen atoms in total. The van der Waals surface area contributed by atoms with Gasteiger partial charge in [0, 0.05) is 19.5 Å². The molecule has 0 aromatic heterocycles. The summed E-state index contributed by atoms with van der Waals surface area (Å²) in [5.74, 6) is 0.265. The number of carbonyl (C=O) groups is 1. The molecular weight excluding hydrogens is 248 g/mol. The third-order valence-corrected chi connectivity index (χ3v) is 4.44. The number of carbonyl (C=O) groups excluding carboxylic acids is 1. The first kappa shape index (κ1) is 15.0.